The van der Waals surface area contributed by atoms with Crippen molar-refractivity contribution in [1.82, 2.24) is 5.32 Å². The standard InChI is InChI=1S/C19H23NO/c1-14(2)19(15-8-4-3-5-9-15)20-18-13-21-12-16-10-6-7-11-17(16)18/h3-11,14,18-20H,12-13H2,1-2H3. The third-order valence-corrected chi connectivity index (χ3v) is 4.18. The molecular weight excluding hydrogens is 258 g/mol. The van der Waals surface area contributed by atoms with Crippen molar-refractivity contribution < 1.29 is 4.74 Å². The lowest BCUT2D eigenvalue weighted by Gasteiger charge is -2.32. The molecule has 1 N–H and O–H groups in total. The Morgan fingerprint density at radius 3 is 2.48 bits per heavy atom. The van der Waals surface area contributed by atoms with Gasteiger partial charge < -0.3 is 10.1 Å². The smallest absolute Gasteiger partial charge is 0.0721 e. The van der Waals surface area contributed by atoms with Crippen molar-refractivity contribution in [2.75, 3.05) is 6.61 Å². The van der Waals surface area contributed by atoms with E-state index in [0.717, 1.165) is 13.2 Å². The number of ether oxygens (including phenoxy) is 1. The van der Waals surface area contributed by atoms with Crippen LogP contribution in [0.2, 0.25) is 0 Å². The highest BCUT2D eigenvalue weighted by atomic mass is 16.5. The number of hydrogen-bond donors (Lipinski definition) is 1. The molecule has 0 saturated heterocycles. The van der Waals surface area contributed by atoms with Gasteiger partial charge in [0.15, 0.2) is 0 Å². The van der Waals surface area contributed by atoms with Crippen molar-refractivity contribution in [2.24, 2.45) is 5.92 Å². The Hall–Kier alpha value is -1.64. The van der Waals surface area contributed by atoms with Crippen molar-refractivity contribution >= 4 is 0 Å². The molecule has 0 saturated carbocycles. The van der Waals surface area contributed by atoms with Crippen molar-refractivity contribution in [1.29, 1.82) is 0 Å². The summed E-state index contributed by atoms with van der Waals surface area (Å²) in [5.41, 5.74) is 4.03. The van der Waals surface area contributed by atoms with Crippen LogP contribution in [0.3, 0.4) is 0 Å². The summed E-state index contributed by atoms with van der Waals surface area (Å²) in [6.07, 6.45) is 0. The van der Waals surface area contributed by atoms with Crippen molar-refractivity contribution in [3.8, 4) is 0 Å². The van der Waals surface area contributed by atoms with Gasteiger partial charge in [0.1, 0.15) is 0 Å². The monoisotopic (exact) mass is 281 g/mol. The van der Waals surface area contributed by atoms with E-state index in [2.05, 4.69) is 73.8 Å². The van der Waals surface area contributed by atoms with E-state index in [4.69, 9.17) is 4.74 Å². The van der Waals surface area contributed by atoms with E-state index in [0.29, 0.717) is 12.0 Å². The zero-order valence-electron chi connectivity index (χ0n) is 12.8. The molecule has 0 amide bonds. The van der Waals surface area contributed by atoms with Gasteiger partial charge in [-0.1, -0.05) is 68.4 Å². The zero-order valence-corrected chi connectivity index (χ0v) is 12.8. The van der Waals surface area contributed by atoms with Crippen molar-refractivity contribution in [3.05, 3.63) is 71.3 Å². The molecule has 3 rings (SSSR count). The molecular formula is C19H23NO. The molecule has 2 atom stereocenters. The van der Waals surface area contributed by atoms with Crippen LogP contribution in [0.5, 0.6) is 0 Å². The number of rotatable bonds is 4. The Labute approximate surface area is 127 Å². The lowest BCUT2D eigenvalue weighted by molar-refractivity contribution is 0.0760. The van der Waals surface area contributed by atoms with Gasteiger partial charge in [0.05, 0.1) is 19.3 Å². The van der Waals surface area contributed by atoms with Gasteiger partial charge in [0.2, 0.25) is 0 Å². The average Bonchev–Trinajstić information content (AvgIpc) is 2.53. The van der Waals surface area contributed by atoms with Gasteiger partial charge in [-0.2, -0.15) is 0 Å². The van der Waals surface area contributed by atoms with Crippen LogP contribution in [0, 0.1) is 5.92 Å². The third-order valence-electron chi connectivity index (χ3n) is 4.18. The quantitative estimate of drug-likeness (QED) is 0.905. The molecule has 2 aromatic carbocycles. The SMILES string of the molecule is CC(C)C(NC1COCc2ccccc21)c1ccccc1. The summed E-state index contributed by atoms with van der Waals surface area (Å²) in [6, 6.07) is 19.9. The second kappa shape index (κ2) is 6.42. The van der Waals surface area contributed by atoms with Gasteiger partial charge in [-0.3, -0.25) is 0 Å². The normalized spacial score (nSPS) is 19.3. The van der Waals surface area contributed by atoms with E-state index < -0.39 is 0 Å². The van der Waals surface area contributed by atoms with E-state index in [1.807, 2.05) is 0 Å². The summed E-state index contributed by atoms with van der Waals surface area (Å²) in [4.78, 5) is 0. The molecule has 2 nitrogen and oxygen atoms in total. The first-order chi connectivity index (χ1) is 10.3. The van der Waals surface area contributed by atoms with Gasteiger partial charge in [-0.25, -0.2) is 0 Å². The van der Waals surface area contributed by atoms with Crippen molar-refractivity contribution in [2.45, 2.75) is 32.5 Å². The highest BCUT2D eigenvalue weighted by Crippen LogP contribution is 2.30. The van der Waals surface area contributed by atoms with E-state index >= 15 is 0 Å². The molecule has 0 radical (unpaired) electrons. The van der Waals surface area contributed by atoms with E-state index in [1.54, 1.807) is 0 Å². The van der Waals surface area contributed by atoms with Gasteiger partial charge >= 0.3 is 0 Å². The molecule has 2 aromatic rings. The van der Waals surface area contributed by atoms with Crippen molar-refractivity contribution in [3.63, 3.8) is 0 Å². The molecule has 0 bridgehead atoms. The lowest BCUT2D eigenvalue weighted by atomic mass is 9.92. The topological polar surface area (TPSA) is 21.3 Å². The van der Waals surface area contributed by atoms with Crippen LogP contribution in [0.15, 0.2) is 54.6 Å². The second-order valence-corrected chi connectivity index (χ2v) is 6.07. The highest BCUT2D eigenvalue weighted by molar-refractivity contribution is 5.31. The highest BCUT2D eigenvalue weighted by Gasteiger charge is 2.25. The van der Waals surface area contributed by atoms with Crippen LogP contribution >= 0.6 is 0 Å². The molecule has 21 heavy (non-hydrogen) atoms. The second-order valence-electron chi connectivity index (χ2n) is 6.07. The fourth-order valence-electron chi connectivity index (χ4n) is 3.07. The minimum absolute atomic E-state index is 0.266. The van der Waals surface area contributed by atoms with Gasteiger partial charge in [-0.05, 0) is 22.6 Å². The van der Waals surface area contributed by atoms with Crippen LogP contribution < -0.4 is 5.32 Å². The van der Waals surface area contributed by atoms with Gasteiger partial charge in [-0.15, -0.1) is 0 Å². The Morgan fingerprint density at radius 2 is 1.71 bits per heavy atom. The van der Waals surface area contributed by atoms with Crippen LogP contribution in [-0.4, -0.2) is 6.61 Å². The fourth-order valence-corrected chi connectivity index (χ4v) is 3.07. The van der Waals surface area contributed by atoms with E-state index in [9.17, 15) is 0 Å². The van der Waals surface area contributed by atoms with Gasteiger partial charge in [0, 0.05) is 6.04 Å². The van der Waals surface area contributed by atoms with Crippen LogP contribution in [0.25, 0.3) is 0 Å². The maximum atomic E-state index is 5.76. The number of nitrogens with one attached hydrogen (secondary N) is 1. The predicted octanol–water partition coefficient (Wildman–Crippen LogP) is 4.24. The molecule has 0 spiro atoms. The van der Waals surface area contributed by atoms with Crippen LogP contribution in [0.4, 0.5) is 0 Å². The molecule has 0 aliphatic carbocycles. The summed E-state index contributed by atoms with van der Waals surface area (Å²) in [6.45, 7) is 6.00. The predicted molar refractivity (Wildman–Crippen MR) is 86.0 cm³/mol. The first kappa shape index (κ1) is 14.3. The summed E-state index contributed by atoms with van der Waals surface area (Å²) in [5, 5.41) is 3.80. The minimum atomic E-state index is 0.266. The zero-order chi connectivity index (χ0) is 14.7. The summed E-state index contributed by atoms with van der Waals surface area (Å²) >= 11 is 0. The summed E-state index contributed by atoms with van der Waals surface area (Å²) in [7, 11) is 0. The maximum Gasteiger partial charge on any atom is 0.0721 e. The summed E-state index contributed by atoms with van der Waals surface area (Å²) < 4.78 is 5.76. The molecule has 2 unspecified atom stereocenters. The van der Waals surface area contributed by atoms with Crippen LogP contribution in [-0.2, 0) is 11.3 Å². The van der Waals surface area contributed by atoms with E-state index in [-0.39, 0.29) is 6.04 Å². The Bertz CT molecular complexity index is 579. The van der Waals surface area contributed by atoms with Crippen LogP contribution in [0.1, 0.15) is 42.6 Å². The average molecular weight is 281 g/mol. The molecule has 1 heterocycles. The Kier molecular flexibility index (Phi) is 4.37. The summed E-state index contributed by atoms with van der Waals surface area (Å²) in [5.74, 6) is 0.529. The number of hydrogen-bond acceptors (Lipinski definition) is 2. The Morgan fingerprint density at radius 1 is 1.00 bits per heavy atom. The first-order valence-corrected chi connectivity index (χ1v) is 7.72. The third kappa shape index (κ3) is 3.17. The number of benzene rings is 2. The first-order valence-electron chi connectivity index (χ1n) is 7.72. The lowest BCUT2D eigenvalue weighted by Crippen LogP contribution is -2.35. The maximum absolute atomic E-state index is 5.76. The minimum Gasteiger partial charge on any atom is -0.375 e. The van der Waals surface area contributed by atoms with E-state index in [1.165, 1.54) is 16.7 Å². The molecule has 1 aliphatic heterocycles. The fraction of sp³-hybridized carbons (Fsp3) is 0.368. The Balaban J connectivity index is 1.85. The molecule has 110 valence electrons. The largest absolute Gasteiger partial charge is 0.375 e. The molecule has 2 heteroatoms. The molecule has 1 aliphatic rings. The van der Waals surface area contributed by atoms with Gasteiger partial charge in [0.25, 0.3) is 0 Å². The number of fused-ring (bicyclic) bond motifs is 1. The molecule has 0 aromatic heterocycles. The molecule has 0 fully saturated rings.